The Kier molecular flexibility index (Phi) is 5.71. The number of hydrogen-bond donors (Lipinski definition) is 3. The summed E-state index contributed by atoms with van der Waals surface area (Å²) in [5, 5.41) is 9.19. The van der Waals surface area contributed by atoms with Crippen LogP contribution in [0.5, 0.6) is 5.75 Å². The molecule has 0 saturated carbocycles. The van der Waals surface area contributed by atoms with Gasteiger partial charge in [0, 0.05) is 0 Å². The molecule has 0 radical (unpaired) electrons. The van der Waals surface area contributed by atoms with Gasteiger partial charge in [-0.15, -0.1) is 0 Å². The number of hydrogen-bond acceptors (Lipinski definition) is 5. The smallest absolute Gasteiger partial charge is 0.144 e. The van der Waals surface area contributed by atoms with Gasteiger partial charge in [-0.3, -0.25) is 5.84 Å². The zero-order valence-electron chi connectivity index (χ0n) is 11.8. The van der Waals surface area contributed by atoms with Crippen LogP contribution in [0.15, 0.2) is 47.4 Å². The maximum Gasteiger partial charge on any atom is 0.144 e. The minimum Gasteiger partial charge on any atom is -0.744 e. The zero-order chi connectivity index (χ0) is 16.0. The van der Waals surface area contributed by atoms with Crippen molar-refractivity contribution in [1.29, 1.82) is 0 Å². The van der Waals surface area contributed by atoms with Crippen molar-refractivity contribution in [2.45, 2.75) is 18.7 Å². The molecule has 2 aromatic carbocycles. The van der Waals surface area contributed by atoms with Gasteiger partial charge < -0.3 is 9.66 Å². The van der Waals surface area contributed by atoms with E-state index in [0.29, 0.717) is 5.69 Å². The van der Waals surface area contributed by atoms with Crippen LogP contribution in [0.2, 0.25) is 0 Å². The number of quaternary nitrogens is 1. The summed E-state index contributed by atoms with van der Waals surface area (Å²) in [5.74, 6) is 3.68. The predicted molar refractivity (Wildman–Crippen MR) is 78.5 cm³/mol. The van der Waals surface area contributed by atoms with E-state index in [1.165, 1.54) is 12.1 Å². The van der Waals surface area contributed by atoms with Crippen molar-refractivity contribution in [2.75, 3.05) is 5.43 Å². The van der Waals surface area contributed by atoms with Gasteiger partial charge in [0.05, 0.1) is 4.90 Å². The van der Waals surface area contributed by atoms with Crippen LogP contribution >= 0.6 is 0 Å². The molecule has 0 aromatic heterocycles. The summed E-state index contributed by atoms with van der Waals surface area (Å²) in [6.45, 7) is 3.74. The Balaban J connectivity index is 0.000000211. The van der Waals surface area contributed by atoms with Gasteiger partial charge in [0.1, 0.15) is 21.6 Å². The lowest BCUT2D eigenvalue weighted by molar-refractivity contribution is -0.325. The molecule has 2 rings (SSSR count). The summed E-state index contributed by atoms with van der Waals surface area (Å²) in [7, 11) is -4.27. The van der Waals surface area contributed by atoms with Crippen molar-refractivity contribution in [3.05, 3.63) is 53.6 Å². The van der Waals surface area contributed by atoms with Gasteiger partial charge in [0.2, 0.25) is 0 Å². The number of aromatic hydroxyl groups is 1. The Morgan fingerprint density at radius 3 is 2.00 bits per heavy atom. The Bertz CT molecular complexity index is 697. The van der Waals surface area contributed by atoms with Gasteiger partial charge in [-0.1, -0.05) is 23.8 Å². The molecule has 0 bridgehead atoms. The van der Waals surface area contributed by atoms with E-state index in [-0.39, 0.29) is 10.6 Å². The molecular weight excluding hydrogens is 292 g/mol. The van der Waals surface area contributed by atoms with Gasteiger partial charge in [-0.25, -0.2) is 13.8 Å². The third kappa shape index (κ3) is 5.42. The van der Waals surface area contributed by atoms with Crippen LogP contribution in [0.4, 0.5) is 5.69 Å². The Hall–Kier alpha value is -2.09. The molecular formula is C14H18N2O4S. The Labute approximate surface area is 124 Å². The Morgan fingerprint density at radius 2 is 1.57 bits per heavy atom. The van der Waals surface area contributed by atoms with Crippen molar-refractivity contribution in [2.24, 2.45) is 0 Å². The van der Waals surface area contributed by atoms with E-state index >= 15 is 0 Å². The first-order valence-corrected chi connectivity index (χ1v) is 7.50. The summed E-state index contributed by atoms with van der Waals surface area (Å²) in [5.41, 5.74) is 5.25. The van der Waals surface area contributed by atoms with E-state index in [0.717, 1.165) is 11.1 Å². The number of rotatable bonds is 2. The monoisotopic (exact) mass is 310 g/mol. The maximum atomic E-state index is 10.4. The molecule has 0 aliphatic heterocycles. The van der Waals surface area contributed by atoms with Gasteiger partial charge in [-0.2, -0.15) is 0 Å². The average molecular weight is 310 g/mol. The molecule has 0 aliphatic carbocycles. The fraction of sp³-hybridized carbons (Fsp3) is 0.143. The highest BCUT2D eigenvalue weighted by Gasteiger charge is 1.98. The van der Waals surface area contributed by atoms with E-state index in [1.54, 1.807) is 24.3 Å². The fourth-order valence-electron chi connectivity index (χ4n) is 1.50. The lowest BCUT2D eigenvalue weighted by Crippen LogP contribution is -2.56. The molecule has 21 heavy (non-hydrogen) atoms. The van der Waals surface area contributed by atoms with Crippen molar-refractivity contribution in [3.8, 4) is 5.75 Å². The molecule has 0 amide bonds. The second-order valence-corrected chi connectivity index (χ2v) is 5.84. The maximum absolute atomic E-state index is 10.4. The van der Waals surface area contributed by atoms with Crippen LogP contribution < -0.4 is 11.3 Å². The largest absolute Gasteiger partial charge is 0.744 e. The van der Waals surface area contributed by atoms with Gasteiger partial charge in [0.25, 0.3) is 0 Å². The molecule has 0 fully saturated rings. The third-order valence-electron chi connectivity index (χ3n) is 2.65. The second kappa shape index (κ2) is 7.07. The highest BCUT2D eigenvalue weighted by molar-refractivity contribution is 7.85. The van der Waals surface area contributed by atoms with Crippen LogP contribution in [-0.4, -0.2) is 18.1 Å². The van der Waals surface area contributed by atoms with E-state index in [2.05, 4.69) is 11.3 Å². The third-order valence-corrected chi connectivity index (χ3v) is 3.50. The number of phenols is 1. The predicted octanol–water partition coefficient (Wildman–Crippen LogP) is 1.17. The fourth-order valence-corrected chi connectivity index (χ4v) is 1.97. The second-order valence-electron chi connectivity index (χ2n) is 4.46. The van der Waals surface area contributed by atoms with E-state index < -0.39 is 10.1 Å². The quantitative estimate of drug-likeness (QED) is 0.437. The van der Waals surface area contributed by atoms with Crippen molar-refractivity contribution >= 4 is 15.8 Å². The molecule has 0 saturated heterocycles. The number of phenolic OH excluding ortho intramolecular Hbond substituents is 1. The number of benzene rings is 2. The molecule has 0 spiro atoms. The first kappa shape index (κ1) is 17.0. The van der Waals surface area contributed by atoms with E-state index in [9.17, 15) is 18.1 Å². The summed E-state index contributed by atoms with van der Waals surface area (Å²) in [4.78, 5) is -0.178. The van der Waals surface area contributed by atoms with Gasteiger partial charge in [-0.05, 0) is 43.7 Å². The summed E-state index contributed by atoms with van der Waals surface area (Å²) in [6.07, 6.45) is 0. The topological polar surface area (TPSA) is 117 Å². The van der Waals surface area contributed by atoms with E-state index in [1.807, 2.05) is 19.9 Å². The lowest BCUT2D eigenvalue weighted by Gasteiger charge is -2.05. The number of aryl methyl sites for hydroxylation is 2. The molecule has 0 aliphatic rings. The lowest BCUT2D eigenvalue weighted by atomic mass is 10.2. The summed E-state index contributed by atoms with van der Waals surface area (Å²) < 4.78 is 31.2. The SMILES string of the molecule is Cc1ccc(N[NH3+])c(O)c1.Cc1ccc(S(=O)(=O)[O-])cc1. The van der Waals surface area contributed by atoms with Crippen molar-refractivity contribution < 1.29 is 23.9 Å². The zero-order valence-corrected chi connectivity index (χ0v) is 12.6. The molecule has 0 atom stereocenters. The molecule has 6 nitrogen and oxygen atoms in total. The normalized spacial score (nSPS) is 10.5. The van der Waals surface area contributed by atoms with E-state index in [4.69, 9.17) is 0 Å². The first-order chi connectivity index (χ1) is 9.74. The first-order valence-electron chi connectivity index (χ1n) is 6.09. The minimum atomic E-state index is -4.27. The standard InChI is InChI=1S/C7H10N2O.C7H8O3S/c1-5-2-3-6(9-8)7(10)4-5;1-6-2-4-7(5-3-6)11(8,9)10/h2-4,9-10H,8H2,1H3;2-5H,1H3,(H,8,9,10). The van der Waals surface area contributed by atoms with Crippen LogP contribution in [-0.2, 0) is 10.1 Å². The van der Waals surface area contributed by atoms with Crippen LogP contribution in [0.1, 0.15) is 11.1 Å². The van der Waals surface area contributed by atoms with Crippen LogP contribution in [0.3, 0.4) is 0 Å². The Morgan fingerprint density at radius 1 is 1.05 bits per heavy atom. The van der Waals surface area contributed by atoms with Crippen molar-refractivity contribution in [3.63, 3.8) is 0 Å². The molecule has 114 valence electrons. The van der Waals surface area contributed by atoms with Crippen LogP contribution in [0.25, 0.3) is 0 Å². The molecule has 0 unspecified atom stereocenters. The molecule has 0 heterocycles. The molecule has 2 aromatic rings. The van der Waals surface area contributed by atoms with Crippen molar-refractivity contribution in [1.82, 2.24) is 0 Å². The summed E-state index contributed by atoms with van der Waals surface area (Å²) in [6, 6.07) is 11.2. The van der Waals surface area contributed by atoms with Gasteiger partial charge >= 0.3 is 0 Å². The minimum absolute atomic E-state index is 0.178. The average Bonchev–Trinajstić information content (AvgIpc) is 2.39. The van der Waals surface area contributed by atoms with Gasteiger partial charge in [0.15, 0.2) is 0 Å². The number of anilines is 1. The highest BCUT2D eigenvalue weighted by Crippen LogP contribution is 2.21. The number of nitrogens with one attached hydrogen (secondary N) is 1. The summed E-state index contributed by atoms with van der Waals surface area (Å²) >= 11 is 0. The molecule has 7 heteroatoms. The highest BCUT2D eigenvalue weighted by atomic mass is 32.2. The van der Waals surface area contributed by atoms with Crippen LogP contribution in [0, 0.1) is 13.8 Å². The molecule has 5 N–H and O–H groups in total.